The highest BCUT2D eigenvalue weighted by Gasteiger charge is 2.18. The number of amides is 1. The van der Waals surface area contributed by atoms with Crippen LogP contribution in [0.15, 0.2) is 18.2 Å². The Bertz CT molecular complexity index is 500. The lowest BCUT2D eigenvalue weighted by atomic mass is 10.2. The number of carbonyl (C=O) groups excluding carboxylic acids is 1. The first-order valence-corrected chi connectivity index (χ1v) is 8.93. The third-order valence-corrected chi connectivity index (χ3v) is 4.71. The van der Waals surface area contributed by atoms with Crippen molar-refractivity contribution in [3.05, 3.63) is 28.8 Å². The Morgan fingerprint density at radius 1 is 1.41 bits per heavy atom. The van der Waals surface area contributed by atoms with Crippen LogP contribution in [-0.2, 0) is 4.79 Å². The number of thioether (sulfide) groups is 1. The van der Waals surface area contributed by atoms with Crippen molar-refractivity contribution in [3.63, 3.8) is 0 Å². The van der Waals surface area contributed by atoms with E-state index in [2.05, 4.69) is 26.1 Å². The van der Waals surface area contributed by atoms with Gasteiger partial charge in [-0.15, -0.1) is 0 Å². The Kier molecular flexibility index (Phi) is 7.57. The van der Waals surface area contributed by atoms with Gasteiger partial charge in [0.1, 0.15) is 5.75 Å². The Morgan fingerprint density at radius 3 is 2.64 bits per heavy atom. The Hall–Kier alpha value is -0.870. The summed E-state index contributed by atoms with van der Waals surface area (Å²) in [6.07, 6.45) is 0.153. The van der Waals surface area contributed by atoms with Crippen LogP contribution in [0.2, 0.25) is 5.02 Å². The van der Waals surface area contributed by atoms with Crippen molar-refractivity contribution in [3.8, 4) is 5.75 Å². The van der Waals surface area contributed by atoms with E-state index in [1.807, 2.05) is 31.7 Å². The highest BCUT2D eigenvalue weighted by molar-refractivity contribution is 8.00. The van der Waals surface area contributed by atoms with E-state index in [-0.39, 0.29) is 10.7 Å². The number of ether oxygens (including phenoxy) is 1. The minimum Gasteiger partial charge on any atom is -0.481 e. The van der Waals surface area contributed by atoms with Crippen LogP contribution in [-0.4, -0.2) is 29.1 Å². The zero-order valence-corrected chi connectivity index (χ0v) is 15.6. The van der Waals surface area contributed by atoms with Gasteiger partial charge in [0.15, 0.2) is 6.10 Å². The molecule has 0 saturated heterocycles. The molecule has 1 rings (SSSR count). The lowest BCUT2D eigenvalue weighted by Gasteiger charge is -2.20. The summed E-state index contributed by atoms with van der Waals surface area (Å²) in [4.78, 5) is 12.2. The van der Waals surface area contributed by atoms with Crippen molar-refractivity contribution < 1.29 is 9.53 Å². The average molecular weight is 344 g/mol. The van der Waals surface area contributed by atoms with Crippen LogP contribution in [0.5, 0.6) is 5.75 Å². The number of halogens is 1. The summed E-state index contributed by atoms with van der Waals surface area (Å²) in [6.45, 7) is 11.0. The van der Waals surface area contributed by atoms with Crippen LogP contribution in [0.3, 0.4) is 0 Å². The molecule has 0 aliphatic heterocycles. The quantitative estimate of drug-likeness (QED) is 0.743. The molecule has 0 heterocycles. The lowest BCUT2D eigenvalue weighted by Crippen LogP contribution is -2.39. The van der Waals surface area contributed by atoms with Gasteiger partial charge in [0.2, 0.25) is 0 Å². The maximum absolute atomic E-state index is 12.2. The van der Waals surface area contributed by atoms with Gasteiger partial charge in [-0.3, -0.25) is 4.79 Å². The summed E-state index contributed by atoms with van der Waals surface area (Å²) in [7, 11) is 0. The second-order valence-electron chi connectivity index (χ2n) is 6.18. The summed E-state index contributed by atoms with van der Waals surface area (Å²) >= 11 is 7.83. The van der Waals surface area contributed by atoms with Crippen molar-refractivity contribution in [2.45, 2.75) is 51.9 Å². The van der Waals surface area contributed by atoms with Crippen LogP contribution in [0.25, 0.3) is 0 Å². The molecule has 0 radical (unpaired) electrons. The molecule has 0 bridgehead atoms. The van der Waals surface area contributed by atoms with E-state index in [0.717, 1.165) is 11.3 Å². The Labute approximate surface area is 143 Å². The van der Waals surface area contributed by atoms with Crippen molar-refractivity contribution >= 4 is 29.3 Å². The topological polar surface area (TPSA) is 38.3 Å². The smallest absolute Gasteiger partial charge is 0.261 e. The van der Waals surface area contributed by atoms with Crippen LogP contribution < -0.4 is 10.1 Å². The van der Waals surface area contributed by atoms with E-state index in [0.29, 0.717) is 23.7 Å². The van der Waals surface area contributed by atoms with Crippen molar-refractivity contribution in [2.24, 2.45) is 0 Å². The zero-order valence-electron chi connectivity index (χ0n) is 14.0. The van der Waals surface area contributed by atoms with E-state index in [1.54, 1.807) is 12.1 Å². The summed E-state index contributed by atoms with van der Waals surface area (Å²) in [5, 5.41) is 3.64. The van der Waals surface area contributed by atoms with Crippen LogP contribution >= 0.6 is 23.4 Å². The normalized spacial score (nSPS) is 12.8. The predicted molar refractivity (Wildman–Crippen MR) is 96.1 cm³/mol. The minimum atomic E-state index is -0.472. The standard InChI is InChI=1S/C17H26ClNO2S/c1-6-15(16(20)19-9-10-22-17(3,4)5)21-13-7-8-14(18)12(2)11-13/h7-8,11,15H,6,9-10H2,1-5H3,(H,19,20)/t15-/m1/s1. The van der Waals surface area contributed by atoms with Gasteiger partial charge in [0.25, 0.3) is 5.91 Å². The van der Waals surface area contributed by atoms with E-state index in [9.17, 15) is 4.79 Å². The largest absolute Gasteiger partial charge is 0.481 e. The highest BCUT2D eigenvalue weighted by atomic mass is 35.5. The molecular weight excluding hydrogens is 318 g/mol. The lowest BCUT2D eigenvalue weighted by molar-refractivity contribution is -0.127. The first-order chi connectivity index (χ1) is 10.2. The number of hydrogen-bond acceptors (Lipinski definition) is 3. The molecule has 0 aliphatic carbocycles. The van der Waals surface area contributed by atoms with Gasteiger partial charge in [-0.1, -0.05) is 39.3 Å². The zero-order chi connectivity index (χ0) is 16.8. The van der Waals surface area contributed by atoms with Gasteiger partial charge in [0, 0.05) is 22.1 Å². The molecule has 0 unspecified atom stereocenters. The van der Waals surface area contributed by atoms with E-state index in [4.69, 9.17) is 16.3 Å². The van der Waals surface area contributed by atoms with Crippen LogP contribution in [0.1, 0.15) is 39.7 Å². The van der Waals surface area contributed by atoms with Gasteiger partial charge < -0.3 is 10.1 Å². The Balaban J connectivity index is 2.49. The first-order valence-electron chi connectivity index (χ1n) is 7.57. The number of aryl methyl sites for hydroxylation is 1. The van der Waals surface area contributed by atoms with Crippen molar-refractivity contribution in [2.75, 3.05) is 12.3 Å². The molecule has 5 heteroatoms. The molecule has 22 heavy (non-hydrogen) atoms. The molecule has 1 N–H and O–H groups in total. The maximum atomic E-state index is 12.2. The fourth-order valence-corrected chi connectivity index (χ4v) is 2.76. The van der Waals surface area contributed by atoms with Gasteiger partial charge >= 0.3 is 0 Å². The molecule has 0 spiro atoms. The minimum absolute atomic E-state index is 0.0652. The summed E-state index contributed by atoms with van der Waals surface area (Å²) in [5.41, 5.74) is 0.941. The highest BCUT2D eigenvalue weighted by Crippen LogP contribution is 2.23. The molecule has 3 nitrogen and oxygen atoms in total. The fraction of sp³-hybridized carbons (Fsp3) is 0.588. The maximum Gasteiger partial charge on any atom is 0.261 e. The van der Waals surface area contributed by atoms with E-state index >= 15 is 0 Å². The molecule has 0 saturated carbocycles. The van der Waals surface area contributed by atoms with Crippen LogP contribution in [0, 0.1) is 6.92 Å². The second-order valence-corrected chi connectivity index (χ2v) is 8.51. The third kappa shape index (κ3) is 6.93. The fourth-order valence-electron chi connectivity index (χ4n) is 1.82. The molecule has 0 fully saturated rings. The first kappa shape index (κ1) is 19.2. The molecule has 1 aromatic carbocycles. The van der Waals surface area contributed by atoms with Gasteiger partial charge in [0.05, 0.1) is 0 Å². The second kappa shape index (κ2) is 8.68. The van der Waals surface area contributed by atoms with Crippen LogP contribution in [0.4, 0.5) is 0 Å². The number of carbonyl (C=O) groups is 1. The summed E-state index contributed by atoms with van der Waals surface area (Å²) < 4.78 is 6.00. The summed E-state index contributed by atoms with van der Waals surface area (Å²) in [5.74, 6) is 1.50. The van der Waals surface area contributed by atoms with Gasteiger partial charge in [-0.05, 0) is 37.1 Å². The predicted octanol–water partition coefficient (Wildman–Crippen LogP) is 4.45. The van der Waals surface area contributed by atoms with E-state index < -0.39 is 6.10 Å². The monoisotopic (exact) mass is 343 g/mol. The average Bonchev–Trinajstić information content (AvgIpc) is 2.43. The number of nitrogens with one attached hydrogen (secondary N) is 1. The Morgan fingerprint density at radius 2 is 2.09 bits per heavy atom. The number of benzene rings is 1. The van der Waals surface area contributed by atoms with Gasteiger partial charge in [-0.25, -0.2) is 0 Å². The molecule has 124 valence electrons. The number of hydrogen-bond donors (Lipinski definition) is 1. The molecule has 1 atom stereocenters. The molecule has 1 amide bonds. The van der Waals surface area contributed by atoms with Crippen molar-refractivity contribution in [1.29, 1.82) is 0 Å². The molecule has 1 aromatic rings. The number of rotatable bonds is 7. The van der Waals surface area contributed by atoms with Gasteiger partial charge in [-0.2, -0.15) is 11.8 Å². The molecular formula is C17H26ClNO2S. The molecule has 0 aromatic heterocycles. The van der Waals surface area contributed by atoms with E-state index in [1.165, 1.54) is 0 Å². The van der Waals surface area contributed by atoms with Crippen molar-refractivity contribution in [1.82, 2.24) is 5.32 Å². The summed E-state index contributed by atoms with van der Waals surface area (Å²) in [6, 6.07) is 5.44. The third-order valence-electron chi connectivity index (χ3n) is 3.01. The molecule has 0 aliphatic rings. The SMILES string of the molecule is CC[C@@H](Oc1ccc(Cl)c(C)c1)C(=O)NCCSC(C)(C)C.